The molecule has 0 aliphatic carbocycles. The molecule has 0 saturated carbocycles. The number of likely N-dealkylation sites (N-methyl/N-ethyl adjacent to an activating group) is 1. The molecule has 1 atom stereocenters. The zero-order valence-corrected chi connectivity index (χ0v) is 15.4. The maximum Gasteiger partial charge on any atom is 0.273 e. The van der Waals surface area contributed by atoms with Gasteiger partial charge in [0.05, 0.1) is 14.6 Å². The molecule has 0 aliphatic rings. The fraction of sp³-hybridized carbons (Fsp3) is 0.294. The summed E-state index contributed by atoms with van der Waals surface area (Å²) in [4.78, 5) is 12.3. The molecule has 0 aromatic heterocycles. The minimum atomic E-state index is -0.686. The van der Waals surface area contributed by atoms with Crippen LogP contribution < -0.4 is 4.74 Å². The van der Waals surface area contributed by atoms with Crippen LogP contribution in [0.2, 0.25) is 0 Å². The van der Waals surface area contributed by atoms with Gasteiger partial charge < -0.3 is 9.84 Å². The minimum absolute atomic E-state index is 0.0268. The number of aliphatic hydroxyl groups excluding tert-OH is 1. The molecule has 0 amide bonds. The molecule has 0 fully saturated rings. The van der Waals surface area contributed by atoms with Crippen molar-refractivity contribution in [2.75, 3.05) is 20.2 Å². The highest BCUT2D eigenvalue weighted by molar-refractivity contribution is 14.1. The predicted molar refractivity (Wildman–Crippen MR) is 100 cm³/mol. The fourth-order valence-corrected chi connectivity index (χ4v) is 2.77. The van der Waals surface area contributed by atoms with Crippen LogP contribution in [0.25, 0.3) is 0 Å². The van der Waals surface area contributed by atoms with Crippen molar-refractivity contribution in [3.8, 4) is 5.75 Å². The Hall–Kier alpha value is -1.71. The van der Waals surface area contributed by atoms with Gasteiger partial charge in [-0.3, -0.25) is 15.0 Å². The number of nitro groups is 1. The van der Waals surface area contributed by atoms with Crippen LogP contribution in [-0.2, 0) is 6.54 Å². The van der Waals surface area contributed by atoms with Gasteiger partial charge >= 0.3 is 0 Å². The van der Waals surface area contributed by atoms with Crippen molar-refractivity contribution in [2.24, 2.45) is 0 Å². The van der Waals surface area contributed by atoms with Crippen LogP contribution >= 0.6 is 22.6 Å². The van der Waals surface area contributed by atoms with Gasteiger partial charge in [0, 0.05) is 19.2 Å². The van der Waals surface area contributed by atoms with E-state index in [-0.39, 0.29) is 12.3 Å². The lowest BCUT2D eigenvalue weighted by Crippen LogP contribution is -2.32. The van der Waals surface area contributed by atoms with Gasteiger partial charge in [0.15, 0.2) is 0 Å². The molecule has 2 aromatic rings. The Morgan fingerprint density at radius 2 is 2.00 bits per heavy atom. The van der Waals surface area contributed by atoms with Crippen LogP contribution in [0.1, 0.15) is 5.56 Å². The topological polar surface area (TPSA) is 75.8 Å². The van der Waals surface area contributed by atoms with Crippen molar-refractivity contribution < 1.29 is 14.8 Å². The number of halogens is 1. The van der Waals surface area contributed by atoms with E-state index in [0.717, 1.165) is 10.1 Å². The summed E-state index contributed by atoms with van der Waals surface area (Å²) < 4.78 is 6.32. The maximum absolute atomic E-state index is 10.8. The Bertz CT molecular complexity index is 682. The van der Waals surface area contributed by atoms with E-state index in [2.05, 4.69) is 0 Å². The van der Waals surface area contributed by atoms with E-state index in [1.54, 1.807) is 6.07 Å². The monoisotopic (exact) mass is 442 g/mol. The van der Waals surface area contributed by atoms with Crippen molar-refractivity contribution in [3.63, 3.8) is 0 Å². The number of non-ortho nitro benzene ring substituents is 1. The van der Waals surface area contributed by atoms with Gasteiger partial charge in [-0.1, -0.05) is 30.3 Å². The fourth-order valence-electron chi connectivity index (χ4n) is 2.27. The average molecular weight is 442 g/mol. The molecule has 0 saturated heterocycles. The highest BCUT2D eigenvalue weighted by Gasteiger charge is 2.14. The van der Waals surface area contributed by atoms with E-state index in [4.69, 9.17) is 4.74 Å². The lowest BCUT2D eigenvalue weighted by Gasteiger charge is -2.21. The summed E-state index contributed by atoms with van der Waals surface area (Å²) in [7, 11) is 1.92. The third kappa shape index (κ3) is 5.73. The summed E-state index contributed by atoms with van der Waals surface area (Å²) in [6.45, 7) is 1.25. The summed E-state index contributed by atoms with van der Waals surface area (Å²) in [5, 5.41) is 20.9. The van der Waals surface area contributed by atoms with Gasteiger partial charge in [-0.25, -0.2) is 0 Å². The molecular formula is C17H19IN2O4. The Morgan fingerprint density at radius 1 is 1.29 bits per heavy atom. The van der Waals surface area contributed by atoms with E-state index in [9.17, 15) is 15.2 Å². The zero-order valence-electron chi connectivity index (χ0n) is 13.3. The van der Waals surface area contributed by atoms with Gasteiger partial charge in [-0.2, -0.15) is 0 Å². The first-order chi connectivity index (χ1) is 11.5. The number of hydrogen-bond donors (Lipinski definition) is 1. The molecule has 128 valence electrons. The number of nitro benzene ring substituents is 1. The molecule has 2 aromatic carbocycles. The molecule has 0 aliphatic heterocycles. The number of hydrogen-bond acceptors (Lipinski definition) is 5. The average Bonchev–Trinajstić information content (AvgIpc) is 2.54. The second kappa shape index (κ2) is 8.95. The Balaban J connectivity index is 1.85. The Labute approximate surface area is 154 Å². The first-order valence-electron chi connectivity index (χ1n) is 7.43. The molecular weight excluding hydrogens is 423 g/mol. The van der Waals surface area contributed by atoms with Crippen LogP contribution in [0, 0.1) is 13.7 Å². The molecule has 0 spiro atoms. The first kappa shape index (κ1) is 18.6. The molecule has 0 heterocycles. The number of ether oxygens (including phenoxy) is 1. The largest absolute Gasteiger partial charge is 0.489 e. The number of aliphatic hydroxyl groups is 1. The molecule has 0 bridgehead atoms. The molecule has 2 rings (SSSR count). The summed E-state index contributed by atoms with van der Waals surface area (Å²) in [5.74, 6) is 0.412. The van der Waals surface area contributed by atoms with E-state index in [0.29, 0.717) is 12.3 Å². The maximum atomic E-state index is 10.8. The third-order valence-corrected chi connectivity index (χ3v) is 4.27. The summed E-state index contributed by atoms with van der Waals surface area (Å²) in [6, 6.07) is 14.4. The number of nitrogens with zero attached hydrogens (tertiary/aromatic N) is 2. The molecule has 24 heavy (non-hydrogen) atoms. The van der Waals surface area contributed by atoms with Crippen LogP contribution in [0.4, 0.5) is 5.69 Å². The summed E-state index contributed by atoms with van der Waals surface area (Å²) >= 11 is 2.05. The van der Waals surface area contributed by atoms with Crippen LogP contribution in [0.3, 0.4) is 0 Å². The standard InChI is InChI=1S/C17H19IN2O4/c1-19(10-13-5-3-2-4-6-13)11-15(21)12-24-17-9-14(20(22)23)7-8-16(17)18/h2-9,15,21H,10-12H2,1H3. The SMILES string of the molecule is CN(Cc1ccccc1)CC(O)COc1cc([N+](=O)[O-])ccc1I. The Kier molecular flexibility index (Phi) is 6.95. The summed E-state index contributed by atoms with van der Waals surface area (Å²) in [5.41, 5.74) is 1.14. The molecule has 1 N–H and O–H groups in total. The van der Waals surface area contributed by atoms with Crippen molar-refractivity contribution >= 4 is 28.3 Å². The van der Waals surface area contributed by atoms with Crippen LogP contribution in [0.5, 0.6) is 5.75 Å². The van der Waals surface area contributed by atoms with Crippen LogP contribution in [0.15, 0.2) is 48.5 Å². The molecule has 7 heteroatoms. The minimum Gasteiger partial charge on any atom is -0.489 e. The normalized spacial score (nSPS) is 12.2. The second-order valence-corrected chi connectivity index (χ2v) is 6.68. The zero-order chi connectivity index (χ0) is 17.5. The van der Waals surface area contributed by atoms with Crippen molar-refractivity contribution in [1.82, 2.24) is 4.90 Å². The highest BCUT2D eigenvalue weighted by atomic mass is 127. The van der Waals surface area contributed by atoms with Crippen LogP contribution in [-0.4, -0.2) is 41.2 Å². The summed E-state index contributed by atoms with van der Waals surface area (Å²) in [6.07, 6.45) is -0.686. The third-order valence-electron chi connectivity index (χ3n) is 3.37. The van der Waals surface area contributed by atoms with E-state index < -0.39 is 11.0 Å². The Morgan fingerprint density at radius 3 is 2.67 bits per heavy atom. The van der Waals surface area contributed by atoms with E-state index in [1.165, 1.54) is 17.7 Å². The molecule has 6 nitrogen and oxygen atoms in total. The van der Waals surface area contributed by atoms with Gasteiger partial charge in [-0.15, -0.1) is 0 Å². The van der Waals surface area contributed by atoms with Gasteiger partial charge in [0.1, 0.15) is 18.5 Å². The number of benzene rings is 2. The highest BCUT2D eigenvalue weighted by Crippen LogP contribution is 2.26. The predicted octanol–water partition coefficient (Wildman–Crippen LogP) is 3.07. The first-order valence-corrected chi connectivity index (χ1v) is 8.51. The second-order valence-electron chi connectivity index (χ2n) is 5.52. The molecule has 1 unspecified atom stereocenters. The number of rotatable bonds is 8. The quantitative estimate of drug-likeness (QED) is 0.387. The van der Waals surface area contributed by atoms with Gasteiger partial charge in [-0.05, 0) is 41.3 Å². The lowest BCUT2D eigenvalue weighted by atomic mass is 10.2. The molecule has 0 radical (unpaired) electrons. The van der Waals surface area contributed by atoms with Crippen molar-refractivity contribution in [3.05, 3.63) is 67.8 Å². The van der Waals surface area contributed by atoms with Crippen molar-refractivity contribution in [1.29, 1.82) is 0 Å². The van der Waals surface area contributed by atoms with Gasteiger partial charge in [0.2, 0.25) is 0 Å². The lowest BCUT2D eigenvalue weighted by molar-refractivity contribution is -0.385. The van der Waals surface area contributed by atoms with Gasteiger partial charge in [0.25, 0.3) is 5.69 Å². The van der Waals surface area contributed by atoms with Crippen molar-refractivity contribution in [2.45, 2.75) is 12.6 Å². The van der Waals surface area contributed by atoms with E-state index >= 15 is 0 Å². The van der Waals surface area contributed by atoms with E-state index in [1.807, 2.05) is 64.9 Å². The smallest absolute Gasteiger partial charge is 0.273 e.